The van der Waals surface area contributed by atoms with Gasteiger partial charge in [-0.05, 0) is 57.2 Å². The second kappa shape index (κ2) is 6.90. The lowest BCUT2D eigenvalue weighted by atomic mass is 9.91. The van der Waals surface area contributed by atoms with Crippen LogP contribution < -0.4 is 10.2 Å². The second-order valence-electron chi connectivity index (χ2n) is 5.75. The van der Waals surface area contributed by atoms with Crippen molar-refractivity contribution in [2.75, 3.05) is 24.5 Å². The molecule has 106 valence electrons. The van der Waals surface area contributed by atoms with E-state index in [2.05, 4.69) is 42.0 Å². The third-order valence-electron chi connectivity index (χ3n) is 4.21. The zero-order chi connectivity index (χ0) is 13.7. The molecule has 19 heavy (non-hydrogen) atoms. The van der Waals surface area contributed by atoms with E-state index in [4.69, 9.17) is 0 Å². The van der Waals surface area contributed by atoms with Crippen LogP contribution in [-0.4, -0.2) is 30.7 Å². The van der Waals surface area contributed by atoms with E-state index < -0.39 is 0 Å². The molecule has 1 aromatic heterocycles. The minimum atomic E-state index is 0.616. The van der Waals surface area contributed by atoms with Crippen molar-refractivity contribution in [1.82, 2.24) is 10.3 Å². The summed E-state index contributed by atoms with van der Waals surface area (Å²) >= 11 is 0. The number of piperidine rings is 1. The molecule has 1 aromatic rings. The molecule has 3 heteroatoms. The van der Waals surface area contributed by atoms with Crippen molar-refractivity contribution in [3.05, 3.63) is 24.0 Å². The molecule has 2 atom stereocenters. The van der Waals surface area contributed by atoms with Crippen molar-refractivity contribution in [2.45, 2.75) is 46.1 Å². The summed E-state index contributed by atoms with van der Waals surface area (Å²) < 4.78 is 0. The summed E-state index contributed by atoms with van der Waals surface area (Å²) in [7, 11) is 0. The molecule has 0 radical (unpaired) electrons. The average Bonchev–Trinajstić information content (AvgIpc) is 2.45. The molecule has 1 fully saturated rings. The Kier molecular flexibility index (Phi) is 5.20. The predicted octanol–water partition coefficient (Wildman–Crippen LogP) is 2.99. The van der Waals surface area contributed by atoms with Crippen molar-refractivity contribution in [2.24, 2.45) is 5.92 Å². The second-order valence-corrected chi connectivity index (χ2v) is 5.75. The summed E-state index contributed by atoms with van der Waals surface area (Å²) in [6.07, 6.45) is 7.73. The first kappa shape index (κ1) is 14.3. The molecule has 0 aliphatic carbocycles. The van der Waals surface area contributed by atoms with E-state index in [9.17, 15) is 0 Å². The van der Waals surface area contributed by atoms with Gasteiger partial charge in [0.15, 0.2) is 0 Å². The fraction of sp³-hybridized carbons (Fsp3) is 0.688. The summed E-state index contributed by atoms with van der Waals surface area (Å²) in [5.41, 5.74) is 2.65. The highest BCUT2D eigenvalue weighted by Gasteiger charge is 2.24. The molecular formula is C16H27N3. The van der Waals surface area contributed by atoms with Crippen molar-refractivity contribution in [3.8, 4) is 0 Å². The molecule has 1 N–H and O–H groups in total. The topological polar surface area (TPSA) is 28.2 Å². The number of pyridine rings is 1. The first-order valence-electron chi connectivity index (χ1n) is 7.61. The number of hydrogen-bond acceptors (Lipinski definition) is 3. The molecule has 2 unspecified atom stereocenters. The summed E-state index contributed by atoms with van der Waals surface area (Å²) in [5, 5.41) is 3.65. The standard InChI is InChI=1S/C16H27N3/c1-4-8-18-14(3)15-6-5-10-19(12-15)16-7-9-17-11-13(16)2/h7,9,11,14-15,18H,4-6,8,10,12H2,1-3H3. The molecule has 2 heterocycles. The van der Waals surface area contributed by atoms with Gasteiger partial charge in [0, 0.05) is 37.2 Å². The fourth-order valence-electron chi connectivity index (χ4n) is 3.00. The van der Waals surface area contributed by atoms with Gasteiger partial charge >= 0.3 is 0 Å². The van der Waals surface area contributed by atoms with E-state index in [-0.39, 0.29) is 0 Å². The van der Waals surface area contributed by atoms with Crippen LogP contribution in [0.25, 0.3) is 0 Å². The monoisotopic (exact) mass is 261 g/mol. The van der Waals surface area contributed by atoms with Gasteiger partial charge in [0.25, 0.3) is 0 Å². The maximum absolute atomic E-state index is 4.20. The van der Waals surface area contributed by atoms with Crippen molar-refractivity contribution in [3.63, 3.8) is 0 Å². The molecule has 1 saturated heterocycles. The summed E-state index contributed by atoms with van der Waals surface area (Å²) in [5.74, 6) is 0.757. The van der Waals surface area contributed by atoms with E-state index in [1.165, 1.54) is 43.6 Å². The van der Waals surface area contributed by atoms with Crippen LogP contribution in [-0.2, 0) is 0 Å². The highest BCUT2D eigenvalue weighted by atomic mass is 15.1. The maximum atomic E-state index is 4.20. The third kappa shape index (κ3) is 3.69. The smallest absolute Gasteiger partial charge is 0.0426 e. The molecular weight excluding hydrogens is 234 g/mol. The highest BCUT2D eigenvalue weighted by Crippen LogP contribution is 2.26. The minimum Gasteiger partial charge on any atom is -0.371 e. The minimum absolute atomic E-state index is 0.616. The molecule has 0 amide bonds. The third-order valence-corrected chi connectivity index (χ3v) is 4.21. The summed E-state index contributed by atoms with van der Waals surface area (Å²) in [6, 6.07) is 2.77. The first-order valence-corrected chi connectivity index (χ1v) is 7.61. The number of aromatic nitrogens is 1. The summed E-state index contributed by atoms with van der Waals surface area (Å²) in [4.78, 5) is 6.73. The summed E-state index contributed by atoms with van der Waals surface area (Å²) in [6.45, 7) is 10.2. The van der Waals surface area contributed by atoms with Crippen LogP contribution in [0.15, 0.2) is 18.5 Å². The average molecular weight is 261 g/mol. The van der Waals surface area contributed by atoms with E-state index in [1.54, 1.807) is 0 Å². The van der Waals surface area contributed by atoms with Crippen LogP contribution in [0.5, 0.6) is 0 Å². The van der Waals surface area contributed by atoms with Gasteiger partial charge in [0.05, 0.1) is 0 Å². The number of nitrogens with zero attached hydrogens (tertiary/aromatic N) is 2. The van der Waals surface area contributed by atoms with Gasteiger partial charge in [-0.2, -0.15) is 0 Å². The number of anilines is 1. The largest absolute Gasteiger partial charge is 0.371 e. The lowest BCUT2D eigenvalue weighted by Gasteiger charge is -2.38. The molecule has 0 aromatic carbocycles. The SMILES string of the molecule is CCCNC(C)C1CCCN(c2ccncc2C)C1. The Labute approximate surface area is 117 Å². The zero-order valence-electron chi connectivity index (χ0n) is 12.5. The number of aryl methyl sites for hydroxylation is 1. The maximum Gasteiger partial charge on any atom is 0.0426 e. The lowest BCUT2D eigenvalue weighted by Crippen LogP contribution is -2.45. The fourth-order valence-corrected chi connectivity index (χ4v) is 3.00. The number of nitrogens with one attached hydrogen (secondary N) is 1. The molecule has 1 aliphatic rings. The van der Waals surface area contributed by atoms with E-state index in [1.807, 2.05) is 12.4 Å². The normalized spacial score (nSPS) is 21.4. The Morgan fingerprint density at radius 3 is 3.11 bits per heavy atom. The first-order chi connectivity index (χ1) is 9.22. The van der Waals surface area contributed by atoms with Crippen LogP contribution in [0.1, 0.15) is 38.7 Å². The Bertz CT molecular complexity index is 391. The number of rotatable bonds is 5. The van der Waals surface area contributed by atoms with Gasteiger partial charge < -0.3 is 10.2 Å². The molecule has 3 nitrogen and oxygen atoms in total. The Morgan fingerprint density at radius 1 is 1.53 bits per heavy atom. The molecule has 1 aliphatic heterocycles. The van der Waals surface area contributed by atoms with Crippen LogP contribution in [0, 0.1) is 12.8 Å². The Balaban J connectivity index is 1.99. The van der Waals surface area contributed by atoms with Gasteiger partial charge in [-0.1, -0.05) is 6.92 Å². The van der Waals surface area contributed by atoms with Gasteiger partial charge in [-0.3, -0.25) is 4.98 Å². The van der Waals surface area contributed by atoms with Gasteiger partial charge in [-0.25, -0.2) is 0 Å². The van der Waals surface area contributed by atoms with Gasteiger partial charge in [0.2, 0.25) is 0 Å². The van der Waals surface area contributed by atoms with Crippen LogP contribution >= 0.6 is 0 Å². The molecule has 0 spiro atoms. The Morgan fingerprint density at radius 2 is 2.37 bits per heavy atom. The molecule has 2 rings (SSSR count). The molecule has 0 saturated carbocycles. The van der Waals surface area contributed by atoms with Crippen molar-refractivity contribution < 1.29 is 0 Å². The van der Waals surface area contributed by atoms with E-state index in [0.717, 1.165) is 12.5 Å². The van der Waals surface area contributed by atoms with Crippen LogP contribution in [0.2, 0.25) is 0 Å². The van der Waals surface area contributed by atoms with E-state index >= 15 is 0 Å². The van der Waals surface area contributed by atoms with E-state index in [0.29, 0.717) is 6.04 Å². The van der Waals surface area contributed by atoms with Gasteiger partial charge in [-0.15, -0.1) is 0 Å². The van der Waals surface area contributed by atoms with Crippen molar-refractivity contribution >= 4 is 5.69 Å². The van der Waals surface area contributed by atoms with Crippen LogP contribution in [0.4, 0.5) is 5.69 Å². The highest BCUT2D eigenvalue weighted by molar-refractivity contribution is 5.51. The quantitative estimate of drug-likeness (QED) is 0.883. The zero-order valence-corrected chi connectivity index (χ0v) is 12.5. The predicted molar refractivity (Wildman–Crippen MR) is 81.7 cm³/mol. The molecule has 0 bridgehead atoms. The van der Waals surface area contributed by atoms with Crippen LogP contribution in [0.3, 0.4) is 0 Å². The van der Waals surface area contributed by atoms with Gasteiger partial charge in [0.1, 0.15) is 0 Å². The van der Waals surface area contributed by atoms with Crippen molar-refractivity contribution in [1.29, 1.82) is 0 Å². The Hall–Kier alpha value is -1.09. The number of hydrogen-bond donors (Lipinski definition) is 1. The lowest BCUT2D eigenvalue weighted by molar-refractivity contribution is 0.320.